The van der Waals surface area contributed by atoms with Gasteiger partial charge in [-0.25, -0.2) is 0 Å². The quantitative estimate of drug-likeness (QED) is 0.226. The van der Waals surface area contributed by atoms with Crippen LogP contribution in [0.3, 0.4) is 0 Å². The molecule has 2 aromatic carbocycles. The molecule has 1 N–H and O–H groups in total. The number of nitro benzene ring substituents is 1. The second-order valence-electron chi connectivity index (χ2n) is 6.89. The molecule has 0 atom stereocenters. The molecule has 1 aromatic heterocycles. The number of nitrogens with one attached hydrogen (secondary N) is 1. The van der Waals surface area contributed by atoms with Gasteiger partial charge in [-0.3, -0.25) is 14.9 Å². The van der Waals surface area contributed by atoms with Crippen molar-refractivity contribution in [3.8, 4) is 11.5 Å². The van der Waals surface area contributed by atoms with Crippen LogP contribution in [0, 0.1) is 10.1 Å². The first-order chi connectivity index (χ1) is 16.3. The number of halogens is 2. The number of carbonyl (C=O) groups is 1. The summed E-state index contributed by atoms with van der Waals surface area (Å²) in [6.45, 7) is 2.57. The van der Waals surface area contributed by atoms with Gasteiger partial charge in [-0.15, -0.1) is 10.2 Å². The number of thioether (sulfide) groups is 1. The summed E-state index contributed by atoms with van der Waals surface area (Å²) in [4.78, 5) is 22.8. The van der Waals surface area contributed by atoms with Crippen LogP contribution in [-0.4, -0.2) is 45.6 Å². The third kappa shape index (κ3) is 5.91. The van der Waals surface area contributed by atoms with Gasteiger partial charge in [0.15, 0.2) is 16.7 Å². The highest BCUT2D eigenvalue weighted by Crippen LogP contribution is 2.35. The van der Waals surface area contributed by atoms with E-state index in [1.54, 1.807) is 14.2 Å². The zero-order valence-corrected chi connectivity index (χ0v) is 20.8. The largest absolute Gasteiger partial charge is 0.493 e. The van der Waals surface area contributed by atoms with Gasteiger partial charge in [-0.05, 0) is 24.6 Å². The fourth-order valence-electron chi connectivity index (χ4n) is 3.14. The number of amides is 1. The number of hydrogen-bond acceptors (Lipinski definition) is 8. The molecule has 13 heteroatoms. The Labute approximate surface area is 209 Å². The highest BCUT2D eigenvalue weighted by molar-refractivity contribution is 7.99. The zero-order valence-electron chi connectivity index (χ0n) is 18.5. The van der Waals surface area contributed by atoms with Gasteiger partial charge in [-0.2, -0.15) is 0 Å². The summed E-state index contributed by atoms with van der Waals surface area (Å²) in [7, 11) is 3.15. The number of ether oxygens (including phenoxy) is 2. The molecule has 180 valence electrons. The maximum Gasteiger partial charge on any atom is 0.272 e. The number of methoxy groups -OCH3 is 2. The van der Waals surface area contributed by atoms with Gasteiger partial charge in [0, 0.05) is 25.1 Å². The SMILES string of the molecule is CCn1c(Cc2ccc(OC)c(OC)c2)nnc1SCC(=O)Nc1c(Cl)cc([N+](=O)[O-])cc1Cl. The average molecular weight is 526 g/mol. The Morgan fingerprint density at radius 3 is 2.41 bits per heavy atom. The third-order valence-corrected chi connectivity index (χ3v) is 6.32. The predicted molar refractivity (Wildman–Crippen MR) is 131 cm³/mol. The normalized spacial score (nSPS) is 10.7. The second-order valence-corrected chi connectivity index (χ2v) is 8.64. The smallest absolute Gasteiger partial charge is 0.272 e. The van der Waals surface area contributed by atoms with Crippen LogP contribution in [0.4, 0.5) is 11.4 Å². The van der Waals surface area contributed by atoms with Crippen LogP contribution >= 0.6 is 35.0 Å². The Hall–Kier alpha value is -3.02. The molecule has 10 nitrogen and oxygen atoms in total. The summed E-state index contributed by atoms with van der Waals surface area (Å²) < 4.78 is 12.5. The van der Waals surface area contributed by atoms with E-state index in [-0.39, 0.29) is 27.2 Å². The van der Waals surface area contributed by atoms with Gasteiger partial charge in [0.2, 0.25) is 5.91 Å². The fraction of sp³-hybridized carbons (Fsp3) is 0.286. The van der Waals surface area contributed by atoms with Crippen molar-refractivity contribution in [3.63, 3.8) is 0 Å². The van der Waals surface area contributed by atoms with Crippen LogP contribution in [0.25, 0.3) is 0 Å². The molecule has 0 aliphatic heterocycles. The molecule has 1 heterocycles. The number of rotatable bonds is 10. The van der Waals surface area contributed by atoms with Crippen LogP contribution in [0.5, 0.6) is 11.5 Å². The molecular formula is C21H21Cl2N5O5S. The minimum Gasteiger partial charge on any atom is -0.493 e. The Bertz CT molecular complexity index is 1200. The molecular weight excluding hydrogens is 505 g/mol. The lowest BCUT2D eigenvalue weighted by Gasteiger charge is -2.11. The summed E-state index contributed by atoms with van der Waals surface area (Å²) in [6, 6.07) is 7.89. The van der Waals surface area contributed by atoms with Crippen molar-refractivity contribution in [2.24, 2.45) is 0 Å². The predicted octanol–water partition coefficient (Wildman–Crippen LogP) is 4.85. The molecule has 0 radical (unpaired) electrons. The maximum absolute atomic E-state index is 12.5. The summed E-state index contributed by atoms with van der Waals surface area (Å²) in [6.07, 6.45) is 0.516. The van der Waals surface area contributed by atoms with E-state index in [2.05, 4.69) is 15.5 Å². The Morgan fingerprint density at radius 1 is 1.15 bits per heavy atom. The number of nitro groups is 1. The molecule has 0 unspecified atom stereocenters. The fourth-order valence-corrected chi connectivity index (χ4v) is 4.53. The summed E-state index contributed by atoms with van der Waals surface area (Å²) >= 11 is 13.3. The van der Waals surface area contributed by atoms with E-state index < -0.39 is 10.8 Å². The van der Waals surface area contributed by atoms with Crippen LogP contribution in [0.15, 0.2) is 35.5 Å². The first-order valence-electron chi connectivity index (χ1n) is 9.96. The highest BCUT2D eigenvalue weighted by atomic mass is 35.5. The van der Waals surface area contributed by atoms with Crippen LogP contribution in [-0.2, 0) is 17.8 Å². The van der Waals surface area contributed by atoms with Crippen molar-refractivity contribution in [1.29, 1.82) is 0 Å². The van der Waals surface area contributed by atoms with Gasteiger partial charge < -0.3 is 19.4 Å². The summed E-state index contributed by atoms with van der Waals surface area (Å²) in [5, 5.41) is 22.5. The van der Waals surface area contributed by atoms with Gasteiger partial charge in [0.05, 0.1) is 40.6 Å². The van der Waals surface area contributed by atoms with Gasteiger partial charge >= 0.3 is 0 Å². The van der Waals surface area contributed by atoms with Gasteiger partial charge in [0.1, 0.15) is 5.82 Å². The molecule has 3 rings (SSSR count). The molecule has 0 aliphatic rings. The lowest BCUT2D eigenvalue weighted by Crippen LogP contribution is -2.15. The zero-order chi connectivity index (χ0) is 24.8. The van der Waals surface area contributed by atoms with Crippen LogP contribution < -0.4 is 14.8 Å². The lowest BCUT2D eigenvalue weighted by atomic mass is 10.1. The van der Waals surface area contributed by atoms with Crippen molar-refractivity contribution in [1.82, 2.24) is 14.8 Å². The van der Waals surface area contributed by atoms with E-state index in [9.17, 15) is 14.9 Å². The van der Waals surface area contributed by atoms with Gasteiger partial charge in [0.25, 0.3) is 5.69 Å². The van der Waals surface area contributed by atoms with E-state index in [0.29, 0.717) is 29.6 Å². The van der Waals surface area contributed by atoms with Crippen molar-refractivity contribution in [3.05, 3.63) is 61.9 Å². The van der Waals surface area contributed by atoms with Crippen LogP contribution in [0.1, 0.15) is 18.3 Å². The molecule has 34 heavy (non-hydrogen) atoms. The monoisotopic (exact) mass is 525 g/mol. The lowest BCUT2D eigenvalue weighted by molar-refractivity contribution is -0.384. The van der Waals surface area contributed by atoms with E-state index in [1.165, 1.54) is 11.8 Å². The minimum absolute atomic E-state index is 0.0120. The molecule has 0 saturated heterocycles. The first-order valence-corrected chi connectivity index (χ1v) is 11.7. The van der Waals surface area contributed by atoms with Crippen molar-refractivity contribution in [2.75, 3.05) is 25.3 Å². The number of hydrogen-bond donors (Lipinski definition) is 1. The molecule has 0 bridgehead atoms. The Balaban J connectivity index is 1.68. The molecule has 3 aromatic rings. The molecule has 0 fully saturated rings. The van der Waals surface area contributed by atoms with Crippen molar-refractivity contribution < 1.29 is 19.2 Å². The number of carbonyl (C=O) groups excluding carboxylic acids is 1. The summed E-state index contributed by atoms with van der Waals surface area (Å²) in [5.41, 5.74) is 0.822. The number of benzene rings is 2. The van der Waals surface area contributed by atoms with Crippen LogP contribution in [0.2, 0.25) is 10.0 Å². The number of non-ortho nitro benzene ring substituents is 1. The number of anilines is 1. The number of nitrogens with zero attached hydrogens (tertiary/aromatic N) is 4. The van der Waals surface area contributed by atoms with E-state index in [0.717, 1.165) is 23.5 Å². The van der Waals surface area contributed by atoms with Crippen molar-refractivity contribution >= 4 is 52.2 Å². The Morgan fingerprint density at radius 2 is 1.82 bits per heavy atom. The topological polar surface area (TPSA) is 121 Å². The van der Waals surface area contributed by atoms with E-state index >= 15 is 0 Å². The Kier molecular flexibility index (Phi) is 8.59. The number of aromatic nitrogens is 3. The van der Waals surface area contributed by atoms with E-state index in [4.69, 9.17) is 32.7 Å². The molecule has 0 saturated carbocycles. The molecule has 0 aliphatic carbocycles. The average Bonchev–Trinajstić information content (AvgIpc) is 3.20. The summed E-state index contributed by atoms with van der Waals surface area (Å²) in [5.74, 6) is 1.61. The molecule has 0 spiro atoms. The maximum atomic E-state index is 12.5. The first kappa shape index (κ1) is 25.6. The minimum atomic E-state index is -0.615. The highest BCUT2D eigenvalue weighted by Gasteiger charge is 2.18. The second kappa shape index (κ2) is 11.4. The van der Waals surface area contributed by atoms with Gasteiger partial charge in [-0.1, -0.05) is 41.0 Å². The van der Waals surface area contributed by atoms with E-state index in [1.807, 2.05) is 29.7 Å². The third-order valence-electron chi connectivity index (χ3n) is 4.75. The molecule has 1 amide bonds. The standard InChI is InChI=1S/C21H21Cl2N5O5S/c1-4-27-18(8-12-5-6-16(32-2)17(7-12)33-3)25-26-21(27)34-11-19(29)24-20-14(22)9-13(28(30)31)10-15(20)23/h5-7,9-10H,4,8,11H2,1-3H3,(H,24,29). The van der Waals surface area contributed by atoms with Crippen molar-refractivity contribution in [2.45, 2.75) is 25.0 Å².